The van der Waals surface area contributed by atoms with E-state index in [0.29, 0.717) is 23.4 Å². The van der Waals surface area contributed by atoms with Gasteiger partial charge in [-0.25, -0.2) is 9.38 Å². The van der Waals surface area contributed by atoms with Gasteiger partial charge in [0.2, 0.25) is 12.1 Å². The van der Waals surface area contributed by atoms with Crippen LogP contribution in [0, 0.1) is 12.7 Å². The number of hydrogen-bond acceptors (Lipinski definition) is 4. The Hall–Kier alpha value is -3.84. The van der Waals surface area contributed by atoms with Crippen molar-refractivity contribution in [2.45, 2.75) is 25.6 Å². The smallest absolute Gasteiger partial charge is 0.272 e. The molecule has 0 radical (unpaired) electrons. The highest BCUT2D eigenvalue weighted by Crippen LogP contribution is 2.28. The van der Waals surface area contributed by atoms with Gasteiger partial charge in [0.1, 0.15) is 5.82 Å². The first-order valence-corrected chi connectivity index (χ1v) is 10.7. The Morgan fingerprint density at radius 1 is 1.06 bits per heavy atom. The molecule has 168 valence electrons. The predicted molar refractivity (Wildman–Crippen MR) is 127 cm³/mol. The lowest BCUT2D eigenvalue weighted by Crippen LogP contribution is -2.51. The van der Waals surface area contributed by atoms with E-state index in [-0.39, 0.29) is 5.56 Å². The SMILES string of the molecule is Cc1ccccc1C[C@@H](N)C(=O)NC1N=C(c2ccccc2F)c2ccccc2N(C)C1=O. The second-order valence-corrected chi connectivity index (χ2v) is 8.02. The summed E-state index contributed by atoms with van der Waals surface area (Å²) in [6, 6.07) is 20.1. The standard InChI is InChI=1S/C26H25FN4O2/c1-16-9-3-4-10-17(16)15-21(28)25(32)30-24-26(33)31(2)22-14-8-6-12-19(22)23(29-24)18-11-5-7-13-20(18)27/h3-14,21,24H,15,28H2,1-2H3,(H,30,32)/t21-,24?/m1/s1. The van der Waals surface area contributed by atoms with Gasteiger partial charge in [0.25, 0.3) is 5.91 Å². The quantitative estimate of drug-likeness (QED) is 0.634. The second-order valence-electron chi connectivity index (χ2n) is 8.02. The number of carbonyl (C=O) groups excluding carboxylic acids is 2. The number of halogens is 1. The molecule has 1 heterocycles. The van der Waals surface area contributed by atoms with Crippen LogP contribution >= 0.6 is 0 Å². The number of amides is 2. The number of rotatable bonds is 5. The van der Waals surface area contributed by atoms with Crippen LogP contribution in [0.2, 0.25) is 0 Å². The molecule has 2 amide bonds. The molecule has 0 aromatic heterocycles. The molecule has 0 spiro atoms. The lowest BCUT2D eigenvalue weighted by molar-refractivity contribution is -0.128. The monoisotopic (exact) mass is 444 g/mol. The van der Waals surface area contributed by atoms with Crippen molar-refractivity contribution < 1.29 is 14.0 Å². The summed E-state index contributed by atoms with van der Waals surface area (Å²) in [5.74, 6) is -1.41. The molecule has 3 aromatic carbocycles. The van der Waals surface area contributed by atoms with E-state index >= 15 is 0 Å². The maximum atomic E-state index is 14.7. The van der Waals surface area contributed by atoms with E-state index in [1.807, 2.05) is 31.2 Å². The van der Waals surface area contributed by atoms with E-state index < -0.39 is 29.8 Å². The zero-order valence-electron chi connectivity index (χ0n) is 18.5. The summed E-state index contributed by atoms with van der Waals surface area (Å²) in [6.07, 6.45) is -0.924. The van der Waals surface area contributed by atoms with Crippen LogP contribution in [0.3, 0.4) is 0 Å². The van der Waals surface area contributed by atoms with Gasteiger partial charge in [0, 0.05) is 18.2 Å². The van der Waals surface area contributed by atoms with Gasteiger partial charge in [-0.2, -0.15) is 0 Å². The second kappa shape index (κ2) is 9.34. The topological polar surface area (TPSA) is 87.8 Å². The highest BCUT2D eigenvalue weighted by Gasteiger charge is 2.32. The van der Waals surface area contributed by atoms with E-state index in [0.717, 1.165) is 11.1 Å². The lowest BCUT2D eigenvalue weighted by atomic mass is 10.00. The molecule has 0 aliphatic carbocycles. The molecular formula is C26H25FN4O2. The van der Waals surface area contributed by atoms with E-state index in [4.69, 9.17) is 5.73 Å². The third kappa shape index (κ3) is 4.54. The fourth-order valence-electron chi connectivity index (χ4n) is 3.89. The van der Waals surface area contributed by atoms with Crippen molar-refractivity contribution in [1.29, 1.82) is 0 Å². The first-order valence-electron chi connectivity index (χ1n) is 10.7. The maximum absolute atomic E-state index is 14.7. The number of carbonyl (C=O) groups is 2. The highest BCUT2D eigenvalue weighted by molar-refractivity contribution is 6.20. The number of hydrogen-bond donors (Lipinski definition) is 2. The molecule has 33 heavy (non-hydrogen) atoms. The number of nitrogens with two attached hydrogens (primary N) is 1. The molecule has 1 unspecified atom stereocenters. The van der Waals surface area contributed by atoms with Crippen LogP contribution in [0.1, 0.15) is 22.3 Å². The zero-order chi connectivity index (χ0) is 23.5. The third-order valence-corrected chi connectivity index (χ3v) is 5.79. The Morgan fingerprint density at radius 3 is 2.42 bits per heavy atom. The molecule has 6 nitrogen and oxygen atoms in total. The first-order chi connectivity index (χ1) is 15.9. The summed E-state index contributed by atoms with van der Waals surface area (Å²) >= 11 is 0. The van der Waals surface area contributed by atoms with Gasteiger partial charge in [-0.15, -0.1) is 0 Å². The number of nitrogens with zero attached hydrogens (tertiary/aromatic N) is 2. The number of benzodiazepines with no additional fused rings is 1. The average molecular weight is 445 g/mol. The van der Waals surface area contributed by atoms with Crippen LogP contribution in [-0.4, -0.2) is 36.8 Å². The summed E-state index contributed by atoms with van der Waals surface area (Å²) in [5.41, 5.74) is 9.85. The molecule has 1 aliphatic rings. The molecule has 7 heteroatoms. The number of fused-ring (bicyclic) bond motifs is 1. The number of para-hydroxylation sites is 1. The Kier molecular flexibility index (Phi) is 6.33. The minimum absolute atomic E-state index is 0.247. The molecule has 0 bridgehead atoms. The van der Waals surface area contributed by atoms with E-state index in [9.17, 15) is 14.0 Å². The third-order valence-electron chi connectivity index (χ3n) is 5.79. The summed E-state index contributed by atoms with van der Waals surface area (Å²) < 4.78 is 14.7. The van der Waals surface area contributed by atoms with Crippen molar-refractivity contribution in [2.75, 3.05) is 11.9 Å². The molecule has 1 aliphatic heterocycles. The summed E-state index contributed by atoms with van der Waals surface area (Å²) in [6.45, 7) is 1.95. The number of benzene rings is 3. The van der Waals surface area contributed by atoms with Crippen LogP contribution in [0.25, 0.3) is 0 Å². The molecule has 2 atom stereocenters. The van der Waals surface area contributed by atoms with Crippen molar-refractivity contribution in [3.8, 4) is 0 Å². The average Bonchev–Trinajstić information content (AvgIpc) is 2.91. The molecule has 4 rings (SSSR count). The Bertz CT molecular complexity index is 1240. The van der Waals surface area contributed by atoms with Crippen LogP contribution in [-0.2, 0) is 16.0 Å². The van der Waals surface area contributed by atoms with Gasteiger partial charge in [-0.3, -0.25) is 9.59 Å². The number of aliphatic imine (C=N–C) groups is 1. The van der Waals surface area contributed by atoms with Crippen molar-refractivity contribution >= 4 is 23.2 Å². The molecule has 0 saturated carbocycles. The zero-order valence-corrected chi connectivity index (χ0v) is 18.5. The molecular weight excluding hydrogens is 419 g/mol. The van der Waals surface area contributed by atoms with E-state index in [1.54, 1.807) is 49.5 Å². The van der Waals surface area contributed by atoms with Gasteiger partial charge in [0.05, 0.1) is 17.4 Å². The minimum atomic E-state index is -1.24. The lowest BCUT2D eigenvalue weighted by Gasteiger charge is -2.22. The van der Waals surface area contributed by atoms with E-state index in [1.165, 1.54) is 11.0 Å². The highest BCUT2D eigenvalue weighted by atomic mass is 19.1. The summed E-state index contributed by atoms with van der Waals surface area (Å²) in [4.78, 5) is 32.1. The van der Waals surface area contributed by atoms with Crippen LogP contribution in [0.4, 0.5) is 10.1 Å². The fourth-order valence-corrected chi connectivity index (χ4v) is 3.89. The fraction of sp³-hybridized carbons (Fsp3) is 0.192. The molecule has 3 aromatic rings. The van der Waals surface area contributed by atoms with Gasteiger partial charge in [-0.1, -0.05) is 54.6 Å². The van der Waals surface area contributed by atoms with Crippen molar-refractivity contribution in [3.05, 3.63) is 101 Å². The molecule has 0 saturated heterocycles. The number of likely N-dealkylation sites (N-methyl/N-ethyl adjacent to an activating group) is 1. The van der Waals surface area contributed by atoms with Crippen molar-refractivity contribution in [2.24, 2.45) is 10.7 Å². The van der Waals surface area contributed by atoms with Crippen molar-refractivity contribution in [1.82, 2.24) is 5.32 Å². The van der Waals surface area contributed by atoms with E-state index in [2.05, 4.69) is 10.3 Å². The normalized spacial score (nSPS) is 16.5. The number of anilines is 1. The van der Waals surface area contributed by atoms with Gasteiger partial charge in [-0.05, 0) is 42.7 Å². The molecule has 3 N–H and O–H groups in total. The minimum Gasteiger partial charge on any atom is -0.325 e. The Labute approximate surface area is 191 Å². The molecule has 0 fully saturated rings. The summed E-state index contributed by atoms with van der Waals surface area (Å²) in [5, 5.41) is 2.67. The van der Waals surface area contributed by atoms with Crippen LogP contribution in [0.5, 0.6) is 0 Å². The van der Waals surface area contributed by atoms with Crippen molar-refractivity contribution in [3.63, 3.8) is 0 Å². The van der Waals surface area contributed by atoms with Gasteiger partial charge < -0.3 is 16.0 Å². The van der Waals surface area contributed by atoms with Crippen LogP contribution < -0.4 is 16.0 Å². The maximum Gasteiger partial charge on any atom is 0.272 e. The Morgan fingerprint density at radius 2 is 1.70 bits per heavy atom. The van der Waals surface area contributed by atoms with Crippen LogP contribution in [0.15, 0.2) is 77.8 Å². The summed E-state index contributed by atoms with van der Waals surface area (Å²) in [7, 11) is 1.60. The predicted octanol–water partition coefficient (Wildman–Crippen LogP) is 2.96. The number of aryl methyl sites for hydroxylation is 1. The van der Waals surface area contributed by atoms with Gasteiger partial charge in [0.15, 0.2) is 0 Å². The van der Waals surface area contributed by atoms with Gasteiger partial charge >= 0.3 is 0 Å². The number of nitrogens with one attached hydrogen (secondary N) is 1. The largest absolute Gasteiger partial charge is 0.325 e. The Balaban J connectivity index is 1.68. The first kappa shape index (κ1) is 22.4.